The number of rotatable bonds is 4. The van der Waals surface area contributed by atoms with Gasteiger partial charge >= 0.3 is 0 Å². The number of likely N-dealkylation sites (tertiary alicyclic amines) is 1. The van der Waals surface area contributed by atoms with Crippen LogP contribution in [0.4, 0.5) is 0 Å². The van der Waals surface area contributed by atoms with Crippen LogP contribution in [-0.2, 0) is 0 Å². The van der Waals surface area contributed by atoms with Crippen molar-refractivity contribution in [1.29, 1.82) is 0 Å². The van der Waals surface area contributed by atoms with Crippen LogP contribution in [0.1, 0.15) is 57.7 Å². The molecule has 3 rings (SSSR count). The smallest absolute Gasteiger partial charge is 0.0466 e. The van der Waals surface area contributed by atoms with Gasteiger partial charge in [0.15, 0.2) is 0 Å². The summed E-state index contributed by atoms with van der Waals surface area (Å²) in [7, 11) is -0.449. The monoisotopic (exact) mass is 402 g/mol. The predicted octanol–water partition coefficient (Wildman–Crippen LogP) is 5.43. The van der Waals surface area contributed by atoms with Crippen LogP contribution in [0.3, 0.4) is 0 Å². The number of nitrogens with zero attached hydrogens (tertiary/aromatic N) is 1. The molecule has 1 unspecified atom stereocenters. The maximum Gasteiger partial charge on any atom is 0.0466 e. The summed E-state index contributed by atoms with van der Waals surface area (Å²) in [5.74, 6) is 0.474. The van der Waals surface area contributed by atoms with Crippen molar-refractivity contribution in [3.8, 4) is 0 Å². The average Bonchev–Trinajstić information content (AvgIpc) is 3.14. The predicted molar refractivity (Wildman–Crippen MR) is 123 cm³/mol. The van der Waals surface area contributed by atoms with Gasteiger partial charge in [0.05, 0.1) is 0 Å². The van der Waals surface area contributed by atoms with Gasteiger partial charge < -0.3 is 4.90 Å². The fourth-order valence-electron chi connectivity index (χ4n) is 5.43. The topological polar surface area (TPSA) is 3.24 Å². The van der Waals surface area contributed by atoms with Gasteiger partial charge in [-0.25, -0.2) is 5.46 Å². The molecule has 1 nitrogen and oxygen atoms in total. The minimum absolute atomic E-state index is 0.449. The van der Waals surface area contributed by atoms with Crippen molar-refractivity contribution in [2.45, 2.75) is 60.3 Å². The van der Waals surface area contributed by atoms with E-state index in [4.69, 9.17) is 23.2 Å². The highest BCUT2D eigenvalue weighted by Gasteiger charge is 2.24. The average molecular weight is 403 g/mol. The molecule has 1 heterocycles. The first-order valence-corrected chi connectivity index (χ1v) is 11.0. The SMILES string of the molecule is Cc1cc(C)c([BH2-]C(c2c(C)cc(C)c(Cl)c2C)N2CCCC2)c(C)c1Cl. The molecule has 2 aromatic rings. The van der Waals surface area contributed by atoms with Crippen molar-refractivity contribution in [1.82, 2.24) is 4.90 Å². The molecule has 1 aliphatic rings. The van der Waals surface area contributed by atoms with E-state index in [1.165, 1.54) is 70.3 Å². The van der Waals surface area contributed by atoms with Gasteiger partial charge in [-0.05, 0) is 89.7 Å². The molecule has 146 valence electrons. The molecule has 0 N–H and O–H groups in total. The highest BCUT2D eigenvalue weighted by molar-refractivity contribution is 6.57. The Kier molecular flexibility index (Phi) is 6.30. The summed E-state index contributed by atoms with van der Waals surface area (Å²) in [4.78, 5) is 2.70. The molecular weight excluding hydrogens is 372 g/mol. The minimum atomic E-state index is -0.449. The van der Waals surface area contributed by atoms with Crippen molar-refractivity contribution in [3.05, 3.63) is 61.1 Å². The Morgan fingerprint density at radius 1 is 0.778 bits per heavy atom. The number of halogens is 2. The molecule has 0 bridgehead atoms. The van der Waals surface area contributed by atoms with Crippen LogP contribution in [0.25, 0.3) is 0 Å². The number of benzene rings is 2. The van der Waals surface area contributed by atoms with Crippen molar-refractivity contribution in [2.24, 2.45) is 0 Å². The number of hydrogen-bond donors (Lipinski definition) is 0. The molecule has 0 radical (unpaired) electrons. The van der Waals surface area contributed by atoms with Crippen molar-refractivity contribution < 1.29 is 0 Å². The third-order valence-corrected chi connectivity index (χ3v) is 8.03. The molecule has 1 atom stereocenters. The van der Waals surface area contributed by atoms with Crippen molar-refractivity contribution in [2.75, 3.05) is 13.1 Å². The van der Waals surface area contributed by atoms with Crippen LogP contribution in [0.2, 0.25) is 10.0 Å². The van der Waals surface area contributed by atoms with Gasteiger partial charge in [-0.1, -0.05) is 58.0 Å². The first kappa shape index (κ1) is 20.8. The molecule has 4 heteroatoms. The Morgan fingerprint density at radius 2 is 1.30 bits per heavy atom. The Balaban J connectivity index is 2.13. The zero-order chi connectivity index (χ0) is 19.9. The molecule has 0 saturated carbocycles. The third kappa shape index (κ3) is 3.95. The van der Waals surface area contributed by atoms with E-state index in [-0.39, 0.29) is 0 Å². The maximum atomic E-state index is 6.69. The lowest BCUT2D eigenvalue weighted by molar-refractivity contribution is 0.312. The van der Waals surface area contributed by atoms with Crippen LogP contribution >= 0.6 is 23.2 Å². The molecule has 27 heavy (non-hydrogen) atoms. The second kappa shape index (κ2) is 8.19. The summed E-state index contributed by atoms with van der Waals surface area (Å²) in [5.41, 5.74) is 10.7. The minimum Gasteiger partial charge on any atom is -0.331 e. The fourth-order valence-corrected chi connectivity index (χ4v) is 5.78. The molecular formula is C23H31BCl2N-. The first-order chi connectivity index (χ1) is 12.7. The van der Waals surface area contributed by atoms with Crippen LogP contribution in [0.15, 0.2) is 12.1 Å². The molecule has 0 aliphatic carbocycles. The van der Waals surface area contributed by atoms with Gasteiger partial charge in [-0.2, -0.15) is 0 Å². The van der Waals surface area contributed by atoms with E-state index in [1.807, 2.05) is 0 Å². The number of hydrogen-bond acceptors (Lipinski definition) is 1. The summed E-state index contributed by atoms with van der Waals surface area (Å²) in [6, 6.07) is 4.53. The van der Waals surface area contributed by atoms with E-state index >= 15 is 0 Å². The van der Waals surface area contributed by atoms with Crippen LogP contribution in [-0.4, -0.2) is 25.3 Å². The van der Waals surface area contributed by atoms with E-state index in [2.05, 4.69) is 58.6 Å². The summed E-state index contributed by atoms with van der Waals surface area (Å²) in [6.45, 7) is 15.5. The van der Waals surface area contributed by atoms with E-state index in [0.717, 1.165) is 10.0 Å². The lowest BCUT2D eigenvalue weighted by Crippen LogP contribution is -2.38. The standard InChI is InChI=1S/C23H31BCl2N/c1-13-11-15(3)21(25)17(5)19(13)23(27-9-7-8-10-27)24-20-14(2)12-16(4)22(26)18(20)6/h11-12,23H,7-10,24H2,1-6H3/q-1. The molecule has 1 fully saturated rings. The lowest BCUT2D eigenvalue weighted by atomic mass is 9.56. The Labute approximate surface area is 175 Å². The molecule has 2 aromatic carbocycles. The maximum absolute atomic E-state index is 6.69. The summed E-state index contributed by atoms with van der Waals surface area (Å²) >= 11 is 13.3. The molecule has 1 saturated heterocycles. The van der Waals surface area contributed by atoms with Crippen molar-refractivity contribution >= 4 is 35.9 Å². The molecule has 0 amide bonds. The van der Waals surface area contributed by atoms with Crippen LogP contribution in [0.5, 0.6) is 0 Å². The Hall–Kier alpha value is -0.955. The largest absolute Gasteiger partial charge is 0.331 e. The second-order valence-electron chi connectivity index (χ2n) is 8.65. The van der Waals surface area contributed by atoms with Gasteiger partial charge in [0.2, 0.25) is 0 Å². The van der Waals surface area contributed by atoms with Crippen LogP contribution in [0, 0.1) is 41.5 Å². The zero-order valence-electron chi connectivity index (χ0n) is 17.8. The summed E-state index contributed by atoms with van der Waals surface area (Å²) in [5, 5.41) is 1.87. The highest BCUT2D eigenvalue weighted by Crippen LogP contribution is 2.35. The normalized spacial score (nSPS) is 16.1. The van der Waals surface area contributed by atoms with Gasteiger partial charge in [0, 0.05) is 17.3 Å². The molecule has 0 aromatic heterocycles. The van der Waals surface area contributed by atoms with Gasteiger partial charge in [0.25, 0.3) is 0 Å². The molecule has 1 aliphatic heterocycles. The van der Waals surface area contributed by atoms with Crippen molar-refractivity contribution in [3.63, 3.8) is 0 Å². The summed E-state index contributed by atoms with van der Waals surface area (Å²) in [6.07, 6.45) is 2.60. The first-order valence-electron chi connectivity index (χ1n) is 10.3. The third-order valence-electron chi connectivity index (χ3n) is 6.87. The Bertz CT molecular complexity index is 870. The van der Waals surface area contributed by atoms with Crippen LogP contribution < -0.4 is 5.46 Å². The highest BCUT2D eigenvalue weighted by atomic mass is 35.5. The molecule has 0 spiro atoms. The fraction of sp³-hybridized carbons (Fsp3) is 0.478. The van der Waals surface area contributed by atoms with Gasteiger partial charge in [-0.15, -0.1) is 0 Å². The second-order valence-corrected chi connectivity index (χ2v) is 9.40. The van der Waals surface area contributed by atoms with Gasteiger partial charge in [0.1, 0.15) is 0 Å². The quantitative estimate of drug-likeness (QED) is 0.616. The number of aryl methyl sites for hydroxylation is 4. The Morgan fingerprint density at radius 3 is 1.89 bits per heavy atom. The van der Waals surface area contributed by atoms with Gasteiger partial charge in [-0.3, -0.25) is 0 Å². The lowest BCUT2D eigenvalue weighted by Gasteiger charge is -2.37. The van der Waals surface area contributed by atoms with E-state index in [0.29, 0.717) is 5.94 Å². The van der Waals surface area contributed by atoms with E-state index in [9.17, 15) is 0 Å². The van der Waals surface area contributed by atoms with E-state index in [1.54, 1.807) is 0 Å². The summed E-state index contributed by atoms with van der Waals surface area (Å²) < 4.78 is 0. The van der Waals surface area contributed by atoms with E-state index < -0.39 is 7.28 Å². The zero-order valence-corrected chi connectivity index (χ0v) is 19.3.